The first kappa shape index (κ1) is 17.2. The van der Waals surface area contributed by atoms with Crippen LogP contribution in [0.4, 0.5) is 0 Å². The first-order valence-corrected chi connectivity index (χ1v) is 8.77. The van der Waals surface area contributed by atoms with Crippen LogP contribution in [0.25, 0.3) is 10.6 Å². The molecule has 2 aromatic heterocycles. The average molecular weight is 356 g/mol. The zero-order chi connectivity index (χ0) is 18.0. The van der Waals surface area contributed by atoms with Gasteiger partial charge in [-0.15, -0.1) is 11.3 Å². The van der Waals surface area contributed by atoms with Gasteiger partial charge in [0.1, 0.15) is 16.5 Å². The molecule has 1 aromatic carbocycles. The van der Waals surface area contributed by atoms with Crippen LogP contribution in [0.15, 0.2) is 35.8 Å². The predicted molar refractivity (Wildman–Crippen MR) is 97.9 cm³/mol. The SMILES string of the molecule is COc1ccc(-c2nc(C(=O)NC(C)c3cnn(C)c3C)cs2)cc1. The number of carbonyl (C=O) groups excluding carboxylic acids is 1. The van der Waals surface area contributed by atoms with Gasteiger partial charge in [0.25, 0.3) is 5.91 Å². The number of nitrogens with one attached hydrogen (secondary N) is 1. The fourth-order valence-electron chi connectivity index (χ4n) is 2.53. The number of thiazole rings is 1. The highest BCUT2D eigenvalue weighted by molar-refractivity contribution is 7.13. The first-order chi connectivity index (χ1) is 12.0. The molecule has 1 atom stereocenters. The van der Waals surface area contributed by atoms with E-state index in [0.29, 0.717) is 5.69 Å². The number of rotatable bonds is 5. The van der Waals surface area contributed by atoms with Crippen molar-refractivity contribution >= 4 is 17.2 Å². The molecule has 3 rings (SSSR count). The number of hydrogen-bond acceptors (Lipinski definition) is 5. The summed E-state index contributed by atoms with van der Waals surface area (Å²) in [5.74, 6) is 0.603. The highest BCUT2D eigenvalue weighted by Gasteiger charge is 2.18. The van der Waals surface area contributed by atoms with Gasteiger partial charge in [0.05, 0.1) is 19.3 Å². The summed E-state index contributed by atoms with van der Waals surface area (Å²) >= 11 is 1.45. The van der Waals surface area contributed by atoms with E-state index in [1.54, 1.807) is 23.4 Å². The van der Waals surface area contributed by atoms with Crippen LogP contribution in [0.1, 0.15) is 34.7 Å². The van der Waals surface area contributed by atoms with E-state index in [2.05, 4.69) is 15.4 Å². The van der Waals surface area contributed by atoms with Gasteiger partial charge in [-0.3, -0.25) is 9.48 Å². The second-order valence-corrected chi connectivity index (χ2v) is 6.63. The highest BCUT2D eigenvalue weighted by atomic mass is 32.1. The van der Waals surface area contributed by atoms with Crippen molar-refractivity contribution in [1.29, 1.82) is 0 Å². The molecule has 3 aromatic rings. The van der Waals surface area contributed by atoms with Crippen molar-refractivity contribution in [1.82, 2.24) is 20.1 Å². The molecular weight excluding hydrogens is 336 g/mol. The van der Waals surface area contributed by atoms with Crippen molar-refractivity contribution in [3.8, 4) is 16.3 Å². The van der Waals surface area contributed by atoms with Gasteiger partial charge in [0, 0.05) is 29.2 Å². The predicted octanol–water partition coefficient (Wildman–Crippen LogP) is 3.35. The molecule has 0 fully saturated rings. The van der Waals surface area contributed by atoms with Crippen LogP contribution in [0, 0.1) is 6.92 Å². The van der Waals surface area contributed by atoms with Crippen molar-refractivity contribution < 1.29 is 9.53 Å². The van der Waals surface area contributed by atoms with Crippen LogP contribution in [0.5, 0.6) is 5.75 Å². The number of hydrogen-bond donors (Lipinski definition) is 1. The van der Waals surface area contributed by atoms with Gasteiger partial charge in [0.15, 0.2) is 0 Å². The van der Waals surface area contributed by atoms with Crippen LogP contribution in [-0.4, -0.2) is 27.8 Å². The lowest BCUT2D eigenvalue weighted by Gasteiger charge is -2.12. The number of aryl methyl sites for hydroxylation is 1. The Hall–Kier alpha value is -2.67. The van der Waals surface area contributed by atoms with Crippen LogP contribution in [0.3, 0.4) is 0 Å². The Balaban J connectivity index is 1.72. The zero-order valence-corrected chi connectivity index (χ0v) is 15.4. The smallest absolute Gasteiger partial charge is 0.271 e. The summed E-state index contributed by atoms with van der Waals surface area (Å²) in [4.78, 5) is 16.9. The van der Waals surface area contributed by atoms with Crippen LogP contribution >= 0.6 is 11.3 Å². The molecule has 0 aliphatic rings. The quantitative estimate of drug-likeness (QED) is 0.761. The molecule has 2 heterocycles. The number of methoxy groups -OCH3 is 1. The Morgan fingerprint density at radius 2 is 2.04 bits per heavy atom. The molecule has 0 saturated carbocycles. The van der Waals surface area contributed by atoms with Crippen molar-refractivity contribution in [2.24, 2.45) is 7.05 Å². The number of carbonyl (C=O) groups is 1. The second kappa shape index (κ2) is 7.06. The maximum atomic E-state index is 12.5. The van der Waals surface area contributed by atoms with E-state index in [-0.39, 0.29) is 11.9 Å². The van der Waals surface area contributed by atoms with Gasteiger partial charge in [-0.2, -0.15) is 5.10 Å². The van der Waals surface area contributed by atoms with Crippen LogP contribution in [0.2, 0.25) is 0 Å². The minimum Gasteiger partial charge on any atom is -0.497 e. The average Bonchev–Trinajstić information content (AvgIpc) is 3.23. The molecule has 0 spiro atoms. The maximum absolute atomic E-state index is 12.5. The van der Waals surface area contributed by atoms with Gasteiger partial charge in [0.2, 0.25) is 0 Å². The zero-order valence-electron chi connectivity index (χ0n) is 14.6. The summed E-state index contributed by atoms with van der Waals surface area (Å²) in [7, 11) is 3.51. The Morgan fingerprint density at radius 1 is 1.32 bits per heavy atom. The van der Waals surface area contributed by atoms with Gasteiger partial charge in [-0.05, 0) is 38.1 Å². The van der Waals surface area contributed by atoms with Crippen molar-refractivity contribution in [2.45, 2.75) is 19.9 Å². The monoisotopic (exact) mass is 356 g/mol. The Morgan fingerprint density at radius 3 is 2.64 bits per heavy atom. The summed E-state index contributed by atoms with van der Waals surface area (Å²) in [6.07, 6.45) is 1.78. The molecule has 1 N–H and O–H groups in total. The molecule has 6 nitrogen and oxygen atoms in total. The summed E-state index contributed by atoms with van der Waals surface area (Å²) in [6.45, 7) is 3.92. The van der Waals surface area contributed by atoms with E-state index in [1.807, 2.05) is 45.2 Å². The number of benzene rings is 1. The third-order valence-electron chi connectivity index (χ3n) is 4.16. The highest BCUT2D eigenvalue weighted by Crippen LogP contribution is 2.26. The van der Waals surface area contributed by atoms with Crippen LogP contribution < -0.4 is 10.1 Å². The van der Waals surface area contributed by atoms with Gasteiger partial charge < -0.3 is 10.1 Å². The topological polar surface area (TPSA) is 69.0 Å². The summed E-state index contributed by atoms with van der Waals surface area (Å²) in [6, 6.07) is 7.49. The van der Waals surface area contributed by atoms with E-state index < -0.39 is 0 Å². The third kappa shape index (κ3) is 3.56. The summed E-state index contributed by atoms with van der Waals surface area (Å²) < 4.78 is 6.95. The molecule has 0 bridgehead atoms. The van der Waals surface area contributed by atoms with Crippen molar-refractivity contribution in [3.63, 3.8) is 0 Å². The Labute approximate surface area is 150 Å². The van der Waals surface area contributed by atoms with Crippen molar-refractivity contribution in [3.05, 3.63) is 52.8 Å². The van der Waals surface area contributed by atoms with Gasteiger partial charge in [-0.1, -0.05) is 0 Å². The molecule has 0 saturated heterocycles. The van der Waals surface area contributed by atoms with Gasteiger partial charge in [-0.25, -0.2) is 4.98 Å². The largest absolute Gasteiger partial charge is 0.497 e. The molecule has 1 amide bonds. The number of aromatic nitrogens is 3. The lowest BCUT2D eigenvalue weighted by atomic mass is 10.1. The number of amides is 1. The van der Waals surface area contributed by atoms with E-state index >= 15 is 0 Å². The molecule has 1 unspecified atom stereocenters. The Kier molecular flexibility index (Phi) is 4.85. The molecule has 130 valence electrons. The lowest BCUT2D eigenvalue weighted by Crippen LogP contribution is -2.27. The van der Waals surface area contributed by atoms with E-state index in [0.717, 1.165) is 27.6 Å². The molecule has 0 aliphatic heterocycles. The van der Waals surface area contributed by atoms with E-state index in [1.165, 1.54) is 11.3 Å². The molecular formula is C18H20N4O2S. The van der Waals surface area contributed by atoms with Gasteiger partial charge >= 0.3 is 0 Å². The summed E-state index contributed by atoms with van der Waals surface area (Å²) in [5, 5.41) is 9.78. The van der Waals surface area contributed by atoms with E-state index in [4.69, 9.17) is 4.74 Å². The molecule has 0 radical (unpaired) electrons. The van der Waals surface area contributed by atoms with Crippen molar-refractivity contribution in [2.75, 3.05) is 7.11 Å². The molecule has 7 heteroatoms. The van der Waals surface area contributed by atoms with E-state index in [9.17, 15) is 4.79 Å². The molecule has 0 aliphatic carbocycles. The first-order valence-electron chi connectivity index (χ1n) is 7.89. The second-order valence-electron chi connectivity index (χ2n) is 5.77. The Bertz CT molecular complexity index is 883. The summed E-state index contributed by atoms with van der Waals surface area (Å²) in [5.41, 5.74) is 3.41. The number of nitrogens with zero attached hydrogens (tertiary/aromatic N) is 3. The normalized spacial score (nSPS) is 12.0. The maximum Gasteiger partial charge on any atom is 0.271 e. The minimum absolute atomic E-state index is 0.132. The molecule has 25 heavy (non-hydrogen) atoms. The lowest BCUT2D eigenvalue weighted by molar-refractivity contribution is 0.0935. The van der Waals surface area contributed by atoms with Crippen LogP contribution in [-0.2, 0) is 7.05 Å². The fraction of sp³-hybridized carbons (Fsp3) is 0.278. The minimum atomic E-state index is -0.188. The fourth-order valence-corrected chi connectivity index (χ4v) is 3.34. The standard InChI is InChI=1S/C18H20N4O2S/c1-11(15-9-19-22(3)12(15)2)20-17(23)16-10-25-18(21-16)13-5-7-14(24-4)8-6-13/h5-11H,1-4H3,(H,20,23). The number of ether oxygens (including phenoxy) is 1. The third-order valence-corrected chi connectivity index (χ3v) is 5.05.